The highest BCUT2D eigenvalue weighted by Gasteiger charge is 2.11. The maximum atomic E-state index is 11.6. The molecule has 0 saturated carbocycles. The van der Waals surface area contributed by atoms with Gasteiger partial charge in [-0.15, -0.1) is 11.3 Å². The second-order valence-electron chi connectivity index (χ2n) is 2.87. The number of amides is 1. The maximum absolute atomic E-state index is 11.6. The number of halogens is 2. The Morgan fingerprint density at radius 2 is 2.43 bits per heavy atom. The van der Waals surface area contributed by atoms with Crippen LogP contribution < -0.4 is 5.32 Å². The molecule has 14 heavy (non-hydrogen) atoms. The summed E-state index contributed by atoms with van der Waals surface area (Å²) in [6.07, 6.45) is 0.933. The third kappa shape index (κ3) is 3.37. The van der Waals surface area contributed by atoms with Crippen molar-refractivity contribution in [2.24, 2.45) is 0 Å². The first kappa shape index (κ1) is 12.2. The summed E-state index contributed by atoms with van der Waals surface area (Å²) in [7, 11) is 0. The van der Waals surface area contributed by atoms with Crippen LogP contribution in [0.25, 0.3) is 0 Å². The quantitative estimate of drug-likeness (QED) is 0.836. The summed E-state index contributed by atoms with van der Waals surface area (Å²) in [5.74, 6) is -0.00162. The van der Waals surface area contributed by atoms with Crippen molar-refractivity contribution in [2.75, 3.05) is 5.33 Å². The van der Waals surface area contributed by atoms with Crippen LogP contribution in [0, 0.1) is 0 Å². The van der Waals surface area contributed by atoms with Gasteiger partial charge >= 0.3 is 0 Å². The van der Waals surface area contributed by atoms with Gasteiger partial charge in [0.2, 0.25) is 0 Å². The third-order valence-electron chi connectivity index (χ3n) is 1.84. The van der Waals surface area contributed by atoms with Crippen LogP contribution in [0.4, 0.5) is 0 Å². The first-order valence-electron chi connectivity index (χ1n) is 4.28. The third-order valence-corrected chi connectivity index (χ3v) is 4.13. The molecule has 1 atom stereocenters. The average Bonchev–Trinajstić information content (AvgIpc) is 2.61. The van der Waals surface area contributed by atoms with Gasteiger partial charge in [0.25, 0.3) is 5.91 Å². The highest BCUT2D eigenvalue weighted by Crippen LogP contribution is 2.20. The van der Waals surface area contributed by atoms with Crippen LogP contribution in [-0.4, -0.2) is 17.3 Å². The Labute approximate surface area is 104 Å². The van der Waals surface area contributed by atoms with E-state index in [2.05, 4.69) is 44.1 Å². The molecule has 0 aromatic carbocycles. The standard InChI is InChI=1S/C9H11Br2NOS/c1-2-7(4-10)12-9(13)6-3-8(11)14-5-6/h3,5,7H,2,4H2,1H3,(H,12,13). The zero-order valence-electron chi connectivity index (χ0n) is 7.72. The SMILES string of the molecule is CCC(CBr)NC(=O)c1csc(Br)c1. The summed E-state index contributed by atoms with van der Waals surface area (Å²) in [5.41, 5.74) is 0.723. The van der Waals surface area contributed by atoms with Crippen LogP contribution in [0.5, 0.6) is 0 Å². The summed E-state index contributed by atoms with van der Waals surface area (Å²) in [6, 6.07) is 2.04. The fourth-order valence-electron chi connectivity index (χ4n) is 0.948. The second-order valence-corrected chi connectivity index (χ2v) is 5.81. The normalized spacial score (nSPS) is 12.5. The van der Waals surface area contributed by atoms with Crippen LogP contribution >= 0.6 is 43.2 Å². The minimum Gasteiger partial charge on any atom is -0.348 e. The number of alkyl halides is 1. The van der Waals surface area contributed by atoms with Gasteiger partial charge in [-0.1, -0.05) is 22.9 Å². The number of nitrogens with one attached hydrogen (secondary N) is 1. The van der Waals surface area contributed by atoms with Crippen LogP contribution in [0.3, 0.4) is 0 Å². The average molecular weight is 341 g/mol. The fourth-order valence-corrected chi connectivity index (χ4v) is 2.70. The number of thiophene rings is 1. The lowest BCUT2D eigenvalue weighted by Gasteiger charge is -2.12. The van der Waals surface area contributed by atoms with E-state index in [1.54, 1.807) is 0 Å². The van der Waals surface area contributed by atoms with Crippen LogP contribution in [0.15, 0.2) is 15.2 Å². The Hall–Kier alpha value is 0.130. The molecule has 0 radical (unpaired) electrons. The zero-order valence-corrected chi connectivity index (χ0v) is 11.7. The summed E-state index contributed by atoms with van der Waals surface area (Å²) < 4.78 is 0.981. The molecule has 0 saturated heterocycles. The first-order valence-corrected chi connectivity index (χ1v) is 7.07. The lowest BCUT2D eigenvalue weighted by Crippen LogP contribution is -2.35. The van der Waals surface area contributed by atoms with E-state index in [0.29, 0.717) is 0 Å². The van der Waals surface area contributed by atoms with Gasteiger partial charge in [0, 0.05) is 16.8 Å². The molecule has 1 aromatic heterocycles. The molecule has 1 unspecified atom stereocenters. The molecule has 1 N–H and O–H groups in total. The van der Waals surface area contributed by atoms with Crippen molar-refractivity contribution < 1.29 is 4.79 Å². The molecule has 0 aliphatic heterocycles. The number of rotatable bonds is 4. The Balaban J connectivity index is 2.58. The Morgan fingerprint density at radius 3 is 2.86 bits per heavy atom. The van der Waals surface area contributed by atoms with Crippen molar-refractivity contribution in [2.45, 2.75) is 19.4 Å². The molecule has 1 aromatic rings. The van der Waals surface area contributed by atoms with E-state index < -0.39 is 0 Å². The molecule has 0 bridgehead atoms. The molecule has 78 valence electrons. The van der Waals surface area contributed by atoms with E-state index >= 15 is 0 Å². The van der Waals surface area contributed by atoms with Gasteiger partial charge in [-0.05, 0) is 28.4 Å². The minimum atomic E-state index is -0.00162. The van der Waals surface area contributed by atoms with E-state index in [9.17, 15) is 4.79 Å². The maximum Gasteiger partial charge on any atom is 0.252 e. The number of carbonyl (C=O) groups excluding carboxylic acids is 1. The molecular weight excluding hydrogens is 330 g/mol. The zero-order chi connectivity index (χ0) is 10.6. The summed E-state index contributed by atoms with van der Waals surface area (Å²) in [5, 5.41) is 5.59. The van der Waals surface area contributed by atoms with Gasteiger partial charge < -0.3 is 5.32 Å². The molecule has 0 aliphatic carbocycles. The van der Waals surface area contributed by atoms with Crippen LogP contribution in [0.1, 0.15) is 23.7 Å². The van der Waals surface area contributed by atoms with Crippen molar-refractivity contribution in [3.8, 4) is 0 Å². The Morgan fingerprint density at radius 1 is 1.71 bits per heavy atom. The molecule has 1 heterocycles. The van der Waals surface area contributed by atoms with Gasteiger partial charge in [0.05, 0.1) is 9.35 Å². The second kappa shape index (κ2) is 5.88. The summed E-state index contributed by atoms with van der Waals surface area (Å²) >= 11 is 8.21. The molecule has 0 aliphatic rings. The van der Waals surface area contributed by atoms with Crippen molar-refractivity contribution in [3.63, 3.8) is 0 Å². The van der Waals surface area contributed by atoms with Crippen molar-refractivity contribution in [1.29, 1.82) is 0 Å². The molecule has 0 spiro atoms. The van der Waals surface area contributed by atoms with Crippen LogP contribution in [-0.2, 0) is 0 Å². The monoisotopic (exact) mass is 339 g/mol. The van der Waals surface area contributed by atoms with Gasteiger partial charge in [-0.25, -0.2) is 0 Å². The Kier molecular flexibility index (Phi) is 5.12. The molecule has 1 rings (SSSR count). The van der Waals surface area contributed by atoms with E-state index in [1.165, 1.54) is 11.3 Å². The van der Waals surface area contributed by atoms with E-state index in [0.717, 1.165) is 21.1 Å². The largest absolute Gasteiger partial charge is 0.348 e. The lowest BCUT2D eigenvalue weighted by molar-refractivity contribution is 0.0940. The van der Waals surface area contributed by atoms with Crippen molar-refractivity contribution in [3.05, 3.63) is 20.8 Å². The smallest absolute Gasteiger partial charge is 0.252 e. The molecule has 5 heteroatoms. The van der Waals surface area contributed by atoms with Gasteiger partial charge in [0.15, 0.2) is 0 Å². The predicted octanol–water partition coefficient (Wildman–Crippen LogP) is 3.41. The predicted molar refractivity (Wildman–Crippen MR) is 67.4 cm³/mol. The van der Waals surface area contributed by atoms with Gasteiger partial charge in [-0.2, -0.15) is 0 Å². The lowest BCUT2D eigenvalue weighted by atomic mass is 10.2. The van der Waals surface area contributed by atoms with Gasteiger partial charge in [0.1, 0.15) is 0 Å². The fraction of sp³-hybridized carbons (Fsp3) is 0.444. The van der Waals surface area contributed by atoms with E-state index in [-0.39, 0.29) is 11.9 Å². The van der Waals surface area contributed by atoms with Crippen LogP contribution in [0.2, 0.25) is 0 Å². The van der Waals surface area contributed by atoms with Gasteiger partial charge in [-0.3, -0.25) is 4.79 Å². The summed E-state index contributed by atoms with van der Waals surface area (Å²) in [6.45, 7) is 2.05. The van der Waals surface area contributed by atoms with E-state index in [1.807, 2.05) is 11.4 Å². The highest BCUT2D eigenvalue weighted by molar-refractivity contribution is 9.11. The minimum absolute atomic E-state index is 0.00162. The molecule has 1 amide bonds. The van der Waals surface area contributed by atoms with Crippen molar-refractivity contribution in [1.82, 2.24) is 5.32 Å². The number of carbonyl (C=O) groups is 1. The molecule has 0 fully saturated rings. The Bertz CT molecular complexity index is 310. The number of hydrogen-bond donors (Lipinski definition) is 1. The van der Waals surface area contributed by atoms with E-state index in [4.69, 9.17) is 0 Å². The molecule has 2 nitrogen and oxygen atoms in total. The highest BCUT2D eigenvalue weighted by atomic mass is 79.9. The first-order chi connectivity index (χ1) is 6.67. The number of hydrogen-bond acceptors (Lipinski definition) is 2. The molecular formula is C9H11Br2NOS. The van der Waals surface area contributed by atoms with Crippen molar-refractivity contribution >= 4 is 49.1 Å². The topological polar surface area (TPSA) is 29.1 Å². The summed E-state index contributed by atoms with van der Waals surface area (Å²) in [4.78, 5) is 11.6.